The molecule has 10 nitrogen and oxygen atoms in total. The number of fused-ring (bicyclic) bond motifs is 3. The van der Waals surface area contributed by atoms with E-state index in [1.54, 1.807) is 12.1 Å². The molecule has 1 saturated heterocycles. The van der Waals surface area contributed by atoms with Crippen molar-refractivity contribution in [3.63, 3.8) is 0 Å². The molecule has 5 aromatic rings. The zero-order chi connectivity index (χ0) is 32.2. The first kappa shape index (κ1) is 31.8. The number of likely N-dealkylation sites (N-methyl/N-ethyl adjacent to an activating group) is 1. The molecule has 8 rings (SSSR count). The van der Waals surface area contributed by atoms with Crippen LogP contribution in [0.25, 0.3) is 33.4 Å². The van der Waals surface area contributed by atoms with Gasteiger partial charge < -0.3 is 34.6 Å². The zero-order valence-electron chi connectivity index (χ0n) is 27.1. The number of benzene rings is 3. The van der Waals surface area contributed by atoms with E-state index in [1.165, 1.54) is 5.56 Å². The third-order valence-corrected chi connectivity index (χ3v) is 10.0. The Morgan fingerprint density at radius 2 is 1.65 bits per heavy atom. The minimum atomic E-state index is -0.537. The lowest BCUT2D eigenvalue weighted by Gasteiger charge is -2.41. The first-order valence-electron chi connectivity index (χ1n) is 16.1. The Bertz CT molecular complexity index is 2030. The average molecular weight is 667 g/mol. The number of hydrogen-bond donors (Lipinski definition) is 2. The van der Waals surface area contributed by atoms with Crippen molar-refractivity contribution in [1.29, 1.82) is 0 Å². The monoisotopic (exact) mass is 666 g/mol. The van der Waals surface area contributed by atoms with Crippen LogP contribution in [0.1, 0.15) is 31.8 Å². The molecule has 1 fully saturated rings. The maximum Gasteiger partial charge on any atom is 0.255 e. The van der Waals surface area contributed by atoms with E-state index >= 15 is 0 Å². The maximum absolute atomic E-state index is 14.9. The summed E-state index contributed by atoms with van der Waals surface area (Å²) in [5, 5.41) is 1.02. The number of carbonyl (C=O) groups is 2. The Morgan fingerprint density at radius 3 is 2.42 bits per heavy atom. The summed E-state index contributed by atoms with van der Waals surface area (Å²) in [6.45, 7) is 5.37. The fourth-order valence-corrected chi connectivity index (χ4v) is 7.40. The van der Waals surface area contributed by atoms with Crippen molar-refractivity contribution >= 4 is 35.1 Å². The van der Waals surface area contributed by atoms with Crippen LogP contribution in [0.15, 0.2) is 72.9 Å². The van der Waals surface area contributed by atoms with E-state index in [1.807, 2.05) is 59.1 Å². The summed E-state index contributed by atoms with van der Waals surface area (Å²) >= 11 is 0. The summed E-state index contributed by atoms with van der Waals surface area (Å²) < 4.78 is 13.6. The fourth-order valence-electron chi connectivity index (χ4n) is 7.40. The van der Waals surface area contributed by atoms with Gasteiger partial charge in [-0.3, -0.25) is 14.5 Å². The molecule has 0 aliphatic carbocycles. The van der Waals surface area contributed by atoms with Crippen LogP contribution in [0.2, 0.25) is 0 Å². The van der Waals surface area contributed by atoms with Crippen molar-refractivity contribution in [3.8, 4) is 34.0 Å². The van der Waals surface area contributed by atoms with Crippen LogP contribution in [0, 0.1) is 0 Å². The molecule has 0 bridgehead atoms. The number of carbonyl (C=O) groups excluding carboxylic acids is 2. The van der Waals surface area contributed by atoms with Gasteiger partial charge in [0.25, 0.3) is 11.8 Å². The Balaban J connectivity index is 0.00000364. The Morgan fingerprint density at radius 1 is 0.896 bits per heavy atom. The molecule has 3 N–H and O–H groups in total. The molecule has 0 saturated carbocycles. The molecular formula is C37H39ClN6O4. The van der Waals surface area contributed by atoms with E-state index in [9.17, 15) is 9.59 Å². The van der Waals surface area contributed by atoms with Crippen LogP contribution >= 0.6 is 12.4 Å². The molecule has 248 valence electrons. The Labute approximate surface area is 285 Å². The van der Waals surface area contributed by atoms with Crippen molar-refractivity contribution in [2.45, 2.75) is 19.0 Å². The van der Waals surface area contributed by atoms with Gasteiger partial charge in [-0.1, -0.05) is 30.3 Å². The van der Waals surface area contributed by atoms with Gasteiger partial charge in [-0.15, -0.1) is 12.4 Å². The highest BCUT2D eigenvalue weighted by Crippen LogP contribution is 2.42. The largest absolute Gasteiger partial charge is 0.454 e. The van der Waals surface area contributed by atoms with Crippen LogP contribution in [-0.4, -0.2) is 88.7 Å². The molecule has 3 aliphatic heterocycles. The summed E-state index contributed by atoms with van der Waals surface area (Å²) in [5.41, 5.74) is 13.2. The SMILES string of the molecule is CN1CCN(C[C@@H]2Cc3ccccc3CN2C(=O)c2cc3c(cc2-c2cc(C(N)=O)c(-c4ccc5[nH]ccc5c4)n2C)OCO3)CC1.Cl. The smallest absolute Gasteiger partial charge is 0.255 e. The summed E-state index contributed by atoms with van der Waals surface area (Å²) in [4.78, 5) is 37.9. The third-order valence-electron chi connectivity index (χ3n) is 10.0. The number of nitrogens with two attached hydrogens (primary N) is 1. The van der Waals surface area contributed by atoms with Crippen molar-refractivity contribution in [2.75, 3.05) is 46.6 Å². The summed E-state index contributed by atoms with van der Waals surface area (Å²) in [6, 6.07) is 21.9. The molecular weight excluding hydrogens is 628 g/mol. The summed E-state index contributed by atoms with van der Waals surface area (Å²) in [6.07, 6.45) is 2.68. The molecule has 5 heterocycles. The highest BCUT2D eigenvalue weighted by Gasteiger charge is 2.35. The number of ether oxygens (including phenoxy) is 2. The standard InChI is InChI=1S/C37H38N6O4.ClH/c1-40-11-13-42(14-12-40)21-27-16-23-5-3-4-6-26(23)20-43(27)37(45)29-19-34-33(46-22-47-34)18-28(29)32-17-30(36(38)44)35(41(32)2)25-7-8-31-24(15-25)9-10-39-31;/h3-10,15,17-19,27,39H,11-14,16,20-22H2,1-2H3,(H2,38,44);1H/t27-;/m0./s1. The number of amides is 2. The van der Waals surface area contributed by atoms with Gasteiger partial charge in [-0.2, -0.15) is 0 Å². The molecule has 3 aromatic carbocycles. The van der Waals surface area contributed by atoms with Gasteiger partial charge in [-0.25, -0.2) is 0 Å². The van der Waals surface area contributed by atoms with Crippen molar-refractivity contribution < 1.29 is 19.1 Å². The molecule has 48 heavy (non-hydrogen) atoms. The number of primary amides is 1. The van der Waals surface area contributed by atoms with Crippen LogP contribution in [0.5, 0.6) is 11.5 Å². The minimum absolute atomic E-state index is 0. The van der Waals surface area contributed by atoms with E-state index in [4.69, 9.17) is 15.2 Å². The molecule has 0 radical (unpaired) electrons. The van der Waals surface area contributed by atoms with Crippen LogP contribution < -0.4 is 15.2 Å². The summed E-state index contributed by atoms with van der Waals surface area (Å²) in [7, 11) is 4.06. The number of nitrogens with one attached hydrogen (secondary N) is 1. The number of halogens is 1. The molecule has 2 amide bonds. The normalized spacial score (nSPS) is 17.7. The van der Waals surface area contributed by atoms with E-state index < -0.39 is 5.91 Å². The summed E-state index contributed by atoms with van der Waals surface area (Å²) in [5.74, 6) is 0.479. The number of aromatic amines is 1. The number of hydrogen-bond acceptors (Lipinski definition) is 6. The molecule has 1 atom stereocenters. The predicted octanol–water partition coefficient (Wildman–Crippen LogP) is 4.90. The third kappa shape index (κ3) is 5.59. The van der Waals surface area contributed by atoms with Gasteiger partial charge >= 0.3 is 0 Å². The lowest BCUT2D eigenvalue weighted by atomic mass is 9.92. The lowest BCUT2D eigenvalue weighted by Crippen LogP contribution is -2.53. The van der Waals surface area contributed by atoms with Gasteiger partial charge in [0, 0.05) is 80.7 Å². The van der Waals surface area contributed by atoms with E-state index in [2.05, 4.69) is 40.0 Å². The van der Waals surface area contributed by atoms with Gasteiger partial charge in [-0.05, 0) is 66.6 Å². The number of H-pyrrole nitrogens is 1. The van der Waals surface area contributed by atoms with Gasteiger partial charge in [0.1, 0.15) is 0 Å². The number of aromatic nitrogens is 2. The van der Waals surface area contributed by atoms with E-state index in [0.29, 0.717) is 46.1 Å². The van der Waals surface area contributed by atoms with Gasteiger partial charge in [0.2, 0.25) is 6.79 Å². The second kappa shape index (κ2) is 12.7. The number of nitrogens with zero attached hydrogens (tertiary/aromatic N) is 4. The quantitative estimate of drug-likeness (QED) is 0.267. The zero-order valence-corrected chi connectivity index (χ0v) is 27.9. The van der Waals surface area contributed by atoms with Crippen LogP contribution in [0.4, 0.5) is 0 Å². The van der Waals surface area contributed by atoms with E-state index in [0.717, 1.165) is 61.2 Å². The predicted molar refractivity (Wildman–Crippen MR) is 188 cm³/mol. The van der Waals surface area contributed by atoms with Crippen molar-refractivity contribution in [2.24, 2.45) is 12.8 Å². The van der Waals surface area contributed by atoms with Crippen molar-refractivity contribution in [3.05, 3.63) is 95.2 Å². The first-order chi connectivity index (χ1) is 22.8. The van der Waals surface area contributed by atoms with Crippen LogP contribution in [-0.2, 0) is 20.0 Å². The maximum atomic E-state index is 14.9. The minimum Gasteiger partial charge on any atom is -0.454 e. The average Bonchev–Trinajstić information content (AvgIpc) is 3.82. The number of piperazine rings is 1. The number of rotatable bonds is 6. The Kier molecular flexibility index (Phi) is 8.41. The lowest BCUT2D eigenvalue weighted by molar-refractivity contribution is 0.0536. The highest BCUT2D eigenvalue weighted by atomic mass is 35.5. The van der Waals surface area contributed by atoms with Gasteiger partial charge in [0.15, 0.2) is 11.5 Å². The topological polar surface area (TPSA) is 109 Å². The highest BCUT2D eigenvalue weighted by molar-refractivity contribution is 6.05. The molecule has 11 heteroatoms. The van der Waals surface area contributed by atoms with Gasteiger partial charge in [0.05, 0.1) is 16.8 Å². The van der Waals surface area contributed by atoms with Crippen molar-refractivity contribution in [1.82, 2.24) is 24.3 Å². The first-order valence-corrected chi connectivity index (χ1v) is 16.1. The molecule has 0 spiro atoms. The van der Waals surface area contributed by atoms with Crippen LogP contribution in [0.3, 0.4) is 0 Å². The molecule has 3 aliphatic rings. The Hall–Kier alpha value is -4.77. The molecule has 0 unspecified atom stereocenters. The second-order valence-corrected chi connectivity index (χ2v) is 12.9. The fraction of sp³-hybridized carbons (Fsp3) is 0.297. The van der Waals surface area contributed by atoms with E-state index in [-0.39, 0.29) is 31.1 Å². The second-order valence-electron chi connectivity index (χ2n) is 12.9. The molecule has 2 aromatic heterocycles.